The second-order valence-electron chi connectivity index (χ2n) is 4.61. The Hall–Kier alpha value is -1.96. The minimum absolute atomic E-state index is 0.0724. The maximum absolute atomic E-state index is 12.2. The third-order valence-corrected chi connectivity index (χ3v) is 2.90. The van der Waals surface area contributed by atoms with Gasteiger partial charge in [-0.25, -0.2) is 0 Å². The Morgan fingerprint density at radius 1 is 1.43 bits per heavy atom. The third kappa shape index (κ3) is 5.50. The summed E-state index contributed by atoms with van der Waals surface area (Å²) >= 11 is 0. The van der Waals surface area contributed by atoms with E-state index in [0.29, 0.717) is 16.9 Å². The van der Waals surface area contributed by atoms with Gasteiger partial charge in [0.1, 0.15) is 5.75 Å². The van der Waals surface area contributed by atoms with Gasteiger partial charge in [-0.05, 0) is 25.2 Å². The van der Waals surface area contributed by atoms with Crippen molar-refractivity contribution in [2.24, 2.45) is 10.9 Å². The molecule has 1 aromatic carbocycles. The molecule has 0 unspecified atom stereocenters. The molecule has 0 saturated heterocycles. The molecule has 0 heterocycles. The summed E-state index contributed by atoms with van der Waals surface area (Å²) in [6.45, 7) is 0.131. The maximum Gasteiger partial charge on any atom is 0.390 e. The Bertz CT molecular complexity index is 504. The molecule has 21 heavy (non-hydrogen) atoms. The third-order valence-electron chi connectivity index (χ3n) is 2.90. The van der Waals surface area contributed by atoms with Crippen molar-refractivity contribution in [1.82, 2.24) is 4.90 Å². The Kier molecular flexibility index (Phi) is 5.83. The van der Waals surface area contributed by atoms with Gasteiger partial charge in [-0.2, -0.15) is 13.2 Å². The zero-order valence-corrected chi connectivity index (χ0v) is 11.8. The monoisotopic (exact) mass is 305 g/mol. The van der Waals surface area contributed by atoms with Gasteiger partial charge < -0.3 is 20.6 Å². The van der Waals surface area contributed by atoms with Crippen LogP contribution in [0.4, 0.5) is 13.2 Å². The second kappa shape index (κ2) is 7.16. The fraction of sp³-hybridized carbons (Fsp3) is 0.462. The van der Waals surface area contributed by atoms with Crippen LogP contribution in [0, 0.1) is 0 Å². The van der Waals surface area contributed by atoms with E-state index in [1.54, 1.807) is 25.2 Å². The average molecular weight is 305 g/mol. The summed E-state index contributed by atoms with van der Waals surface area (Å²) in [5.41, 5.74) is 6.63. The van der Waals surface area contributed by atoms with Crippen LogP contribution in [0.25, 0.3) is 0 Å². The van der Waals surface area contributed by atoms with Gasteiger partial charge in [0.25, 0.3) is 0 Å². The highest BCUT2D eigenvalue weighted by molar-refractivity contribution is 5.97. The lowest BCUT2D eigenvalue weighted by Crippen LogP contribution is -2.24. The van der Waals surface area contributed by atoms with E-state index in [1.807, 2.05) is 0 Å². The van der Waals surface area contributed by atoms with Crippen molar-refractivity contribution < 1.29 is 23.1 Å². The lowest BCUT2D eigenvalue weighted by Gasteiger charge is -2.19. The first-order valence-electron chi connectivity index (χ1n) is 6.17. The Morgan fingerprint density at radius 3 is 2.62 bits per heavy atom. The number of methoxy groups -OCH3 is 1. The molecule has 1 rings (SSSR count). The van der Waals surface area contributed by atoms with Crippen LogP contribution in [0.2, 0.25) is 0 Å². The molecule has 118 valence electrons. The van der Waals surface area contributed by atoms with Crippen molar-refractivity contribution >= 4 is 5.84 Å². The van der Waals surface area contributed by atoms with E-state index in [0.717, 1.165) is 0 Å². The molecule has 0 aliphatic carbocycles. The van der Waals surface area contributed by atoms with Gasteiger partial charge in [0.2, 0.25) is 0 Å². The van der Waals surface area contributed by atoms with Gasteiger partial charge in [-0.3, -0.25) is 0 Å². The fourth-order valence-corrected chi connectivity index (χ4v) is 1.81. The number of rotatable bonds is 6. The SMILES string of the molecule is COc1ccc(/C(N)=N/O)cc1CN(C)CCC(F)(F)F. The molecule has 0 fully saturated rings. The molecule has 0 radical (unpaired) electrons. The number of benzene rings is 1. The van der Waals surface area contributed by atoms with E-state index >= 15 is 0 Å². The molecule has 5 nitrogen and oxygen atoms in total. The topological polar surface area (TPSA) is 71.1 Å². The molecule has 1 aromatic rings. The van der Waals surface area contributed by atoms with Crippen molar-refractivity contribution in [2.75, 3.05) is 20.7 Å². The van der Waals surface area contributed by atoms with Crippen molar-refractivity contribution in [2.45, 2.75) is 19.1 Å². The van der Waals surface area contributed by atoms with Gasteiger partial charge >= 0.3 is 6.18 Å². The van der Waals surface area contributed by atoms with Crippen LogP contribution in [0.1, 0.15) is 17.5 Å². The number of nitrogens with zero attached hydrogens (tertiary/aromatic N) is 2. The van der Waals surface area contributed by atoms with Crippen molar-refractivity contribution in [3.05, 3.63) is 29.3 Å². The fourth-order valence-electron chi connectivity index (χ4n) is 1.81. The van der Waals surface area contributed by atoms with Gasteiger partial charge in [0.15, 0.2) is 5.84 Å². The molecule has 0 bridgehead atoms. The first-order chi connectivity index (χ1) is 9.76. The van der Waals surface area contributed by atoms with Crippen LogP contribution in [0.15, 0.2) is 23.4 Å². The van der Waals surface area contributed by atoms with E-state index in [-0.39, 0.29) is 18.9 Å². The summed E-state index contributed by atoms with van der Waals surface area (Å²) in [4.78, 5) is 1.53. The quantitative estimate of drug-likeness (QED) is 0.366. The maximum atomic E-state index is 12.2. The summed E-state index contributed by atoms with van der Waals surface area (Å²) in [6.07, 6.45) is -5.07. The molecule has 8 heteroatoms. The highest BCUT2D eigenvalue weighted by atomic mass is 19.4. The minimum atomic E-state index is -4.19. The number of ether oxygens (including phenoxy) is 1. The van der Waals surface area contributed by atoms with E-state index in [9.17, 15) is 13.2 Å². The number of hydrogen-bond acceptors (Lipinski definition) is 4. The average Bonchev–Trinajstić information content (AvgIpc) is 2.43. The molecule has 0 aliphatic rings. The lowest BCUT2D eigenvalue weighted by molar-refractivity contribution is -0.137. The molecule has 0 aromatic heterocycles. The highest BCUT2D eigenvalue weighted by Gasteiger charge is 2.27. The van der Waals surface area contributed by atoms with Crippen LogP contribution < -0.4 is 10.5 Å². The number of hydrogen-bond donors (Lipinski definition) is 2. The van der Waals surface area contributed by atoms with Crippen LogP contribution in [0.3, 0.4) is 0 Å². The van der Waals surface area contributed by atoms with Crippen molar-refractivity contribution in [3.8, 4) is 5.75 Å². The minimum Gasteiger partial charge on any atom is -0.496 e. The Morgan fingerprint density at radius 2 is 2.10 bits per heavy atom. The van der Waals surface area contributed by atoms with Crippen molar-refractivity contribution in [1.29, 1.82) is 0 Å². The first-order valence-corrected chi connectivity index (χ1v) is 6.17. The summed E-state index contributed by atoms with van der Waals surface area (Å²) in [7, 11) is 3.05. The normalized spacial score (nSPS) is 12.8. The molecule has 0 saturated carbocycles. The van der Waals surface area contributed by atoms with Crippen LogP contribution in [-0.2, 0) is 6.54 Å². The number of oxime groups is 1. The van der Waals surface area contributed by atoms with E-state index in [1.165, 1.54) is 12.0 Å². The van der Waals surface area contributed by atoms with Crippen LogP contribution >= 0.6 is 0 Å². The van der Waals surface area contributed by atoms with Crippen molar-refractivity contribution in [3.63, 3.8) is 0 Å². The van der Waals surface area contributed by atoms with Gasteiger partial charge in [0, 0.05) is 24.2 Å². The molecule has 0 amide bonds. The van der Waals surface area contributed by atoms with Crippen LogP contribution in [-0.4, -0.2) is 42.8 Å². The number of nitrogens with two attached hydrogens (primary N) is 1. The zero-order chi connectivity index (χ0) is 16.0. The van der Waals surface area contributed by atoms with Crippen LogP contribution in [0.5, 0.6) is 5.75 Å². The molecule has 0 spiro atoms. The molecule has 0 atom stereocenters. The van der Waals surface area contributed by atoms with Gasteiger partial charge in [0.05, 0.1) is 13.5 Å². The van der Waals surface area contributed by atoms with E-state index in [4.69, 9.17) is 15.7 Å². The molecular formula is C13H18F3N3O2. The smallest absolute Gasteiger partial charge is 0.390 e. The number of halogens is 3. The number of alkyl halides is 3. The molecule has 3 N–H and O–H groups in total. The first kappa shape index (κ1) is 17.1. The standard InChI is InChI=1S/C13H18F3N3O2/c1-19(6-5-13(14,15)16)8-10-7-9(12(17)18-20)3-4-11(10)21-2/h3-4,7,20H,5-6,8H2,1-2H3,(H2,17,18). The van der Waals surface area contributed by atoms with Gasteiger partial charge in [-0.1, -0.05) is 5.16 Å². The lowest BCUT2D eigenvalue weighted by atomic mass is 10.1. The second-order valence-corrected chi connectivity index (χ2v) is 4.61. The van der Waals surface area contributed by atoms with E-state index < -0.39 is 12.6 Å². The number of amidine groups is 1. The Balaban J connectivity index is 2.85. The zero-order valence-electron chi connectivity index (χ0n) is 11.8. The van der Waals surface area contributed by atoms with Gasteiger partial charge in [-0.15, -0.1) is 0 Å². The summed E-state index contributed by atoms with van der Waals surface area (Å²) < 4.78 is 41.8. The summed E-state index contributed by atoms with van der Waals surface area (Å²) in [6, 6.07) is 4.85. The highest BCUT2D eigenvalue weighted by Crippen LogP contribution is 2.23. The largest absolute Gasteiger partial charge is 0.496 e. The Labute approximate surface area is 120 Å². The predicted octanol–water partition coefficient (Wildman–Crippen LogP) is 2.17. The van der Waals surface area contributed by atoms with E-state index in [2.05, 4.69) is 5.16 Å². The molecular weight excluding hydrogens is 287 g/mol. The summed E-state index contributed by atoms with van der Waals surface area (Å²) in [5, 5.41) is 11.6. The summed E-state index contributed by atoms with van der Waals surface area (Å²) in [5.74, 6) is 0.459. The predicted molar refractivity (Wildman–Crippen MR) is 72.5 cm³/mol. The molecule has 0 aliphatic heterocycles.